The molecule has 0 unspecified atom stereocenters. The van der Waals surface area contributed by atoms with Crippen molar-refractivity contribution < 1.29 is 4.79 Å². The molecule has 0 spiro atoms. The monoisotopic (exact) mass is 372 g/mol. The molecule has 2 rings (SSSR count). The average molecular weight is 374 g/mol. The summed E-state index contributed by atoms with van der Waals surface area (Å²) in [6, 6.07) is 12.3. The molecule has 2 aromatic rings. The number of hydrogen-bond donors (Lipinski definition) is 2. The molecular weight excluding hydrogens is 363 g/mol. The molecule has 0 aliphatic heterocycles. The Morgan fingerprint density at radius 3 is 2.50 bits per heavy atom. The van der Waals surface area contributed by atoms with Gasteiger partial charge in [-0.1, -0.05) is 51.3 Å². The Hall–Kier alpha value is -1.23. The number of benzene rings is 2. The van der Waals surface area contributed by atoms with E-state index in [0.717, 1.165) is 10.0 Å². The lowest BCUT2D eigenvalue weighted by molar-refractivity contribution is 0.251. The average Bonchev–Trinajstić information content (AvgIpc) is 2.42. The summed E-state index contributed by atoms with van der Waals surface area (Å²) in [5.41, 5.74) is 1.48. The van der Waals surface area contributed by atoms with Crippen molar-refractivity contribution >= 4 is 50.9 Å². The predicted octanol–water partition coefficient (Wildman–Crippen LogP) is 5.08. The van der Waals surface area contributed by atoms with Crippen LogP contribution in [-0.4, -0.2) is 6.03 Å². The number of rotatable bonds is 3. The van der Waals surface area contributed by atoms with Crippen LogP contribution in [0.25, 0.3) is 0 Å². The molecule has 0 heterocycles. The maximum absolute atomic E-state index is 11.8. The largest absolute Gasteiger partial charge is 0.334 e. The number of hydrogen-bond acceptors (Lipinski definition) is 1. The lowest BCUT2D eigenvalue weighted by Gasteiger charge is -2.09. The van der Waals surface area contributed by atoms with Gasteiger partial charge in [-0.3, -0.25) is 0 Å². The fourth-order valence-corrected chi connectivity index (χ4v) is 2.15. The minimum atomic E-state index is -0.336. The minimum Gasteiger partial charge on any atom is -0.334 e. The maximum atomic E-state index is 11.8. The van der Waals surface area contributed by atoms with Crippen LogP contribution in [0, 0.1) is 0 Å². The van der Waals surface area contributed by atoms with Crippen molar-refractivity contribution in [3.63, 3.8) is 0 Å². The van der Waals surface area contributed by atoms with Gasteiger partial charge in [-0.15, -0.1) is 0 Å². The van der Waals surface area contributed by atoms with Gasteiger partial charge in [-0.05, 0) is 35.9 Å². The third-order valence-electron chi connectivity index (χ3n) is 2.54. The second kappa shape index (κ2) is 6.97. The van der Waals surface area contributed by atoms with Crippen molar-refractivity contribution in [2.75, 3.05) is 5.32 Å². The Morgan fingerprint density at radius 1 is 1.10 bits per heavy atom. The van der Waals surface area contributed by atoms with Gasteiger partial charge in [-0.2, -0.15) is 0 Å². The number of carbonyl (C=O) groups is 1. The highest BCUT2D eigenvalue weighted by Gasteiger charge is 2.06. The van der Waals surface area contributed by atoms with E-state index in [1.807, 2.05) is 24.3 Å². The topological polar surface area (TPSA) is 41.1 Å². The summed E-state index contributed by atoms with van der Waals surface area (Å²) < 4.78 is 0.997. The van der Waals surface area contributed by atoms with Crippen molar-refractivity contribution in [2.45, 2.75) is 6.54 Å². The normalized spacial score (nSPS) is 10.2. The van der Waals surface area contributed by atoms with Gasteiger partial charge in [0.25, 0.3) is 0 Å². The molecule has 2 aromatic carbocycles. The van der Waals surface area contributed by atoms with E-state index in [9.17, 15) is 4.79 Å². The SMILES string of the molecule is O=C(NCc1ccc(Br)cc1)Nc1cc(Cl)ccc1Cl. The second-order valence-electron chi connectivity index (χ2n) is 4.06. The molecule has 0 saturated heterocycles. The molecule has 2 N–H and O–H groups in total. The van der Waals surface area contributed by atoms with Crippen LogP contribution in [0.4, 0.5) is 10.5 Å². The third kappa shape index (κ3) is 4.40. The van der Waals surface area contributed by atoms with Gasteiger partial charge in [0.2, 0.25) is 0 Å². The van der Waals surface area contributed by atoms with Crippen molar-refractivity contribution in [2.24, 2.45) is 0 Å². The van der Waals surface area contributed by atoms with Gasteiger partial charge in [0.15, 0.2) is 0 Å². The van der Waals surface area contributed by atoms with Gasteiger partial charge >= 0.3 is 6.03 Å². The summed E-state index contributed by atoms with van der Waals surface area (Å²) >= 11 is 15.2. The van der Waals surface area contributed by atoms with Crippen molar-refractivity contribution in [1.82, 2.24) is 5.32 Å². The van der Waals surface area contributed by atoms with Crippen LogP contribution in [-0.2, 0) is 6.54 Å². The Balaban J connectivity index is 1.92. The lowest BCUT2D eigenvalue weighted by atomic mass is 10.2. The Bertz CT molecular complexity index is 617. The Morgan fingerprint density at radius 2 is 1.80 bits per heavy atom. The van der Waals surface area contributed by atoms with Crippen LogP contribution < -0.4 is 10.6 Å². The summed E-state index contributed by atoms with van der Waals surface area (Å²) in [4.78, 5) is 11.8. The van der Waals surface area contributed by atoms with E-state index in [1.54, 1.807) is 18.2 Å². The molecule has 0 bridgehead atoms. The van der Waals surface area contributed by atoms with Crippen LogP contribution in [0.3, 0.4) is 0 Å². The number of anilines is 1. The number of amides is 2. The summed E-state index contributed by atoms with van der Waals surface area (Å²) in [6.07, 6.45) is 0. The van der Waals surface area contributed by atoms with Crippen molar-refractivity contribution in [3.05, 3.63) is 62.5 Å². The maximum Gasteiger partial charge on any atom is 0.319 e. The molecule has 0 fully saturated rings. The third-order valence-corrected chi connectivity index (χ3v) is 3.64. The van der Waals surface area contributed by atoms with Gasteiger partial charge in [-0.25, -0.2) is 4.79 Å². The van der Waals surface area contributed by atoms with E-state index in [0.29, 0.717) is 22.3 Å². The van der Waals surface area contributed by atoms with E-state index >= 15 is 0 Å². The smallest absolute Gasteiger partial charge is 0.319 e. The van der Waals surface area contributed by atoms with E-state index < -0.39 is 0 Å². The van der Waals surface area contributed by atoms with Gasteiger partial charge in [0, 0.05) is 16.0 Å². The quantitative estimate of drug-likeness (QED) is 0.773. The molecule has 6 heteroatoms. The lowest BCUT2D eigenvalue weighted by Crippen LogP contribution is -2.28. The highest BCUT2D eigenvalue weighted by molar-refractivity contribution is 9.10. The summed E-state index contributed by atoms with van der Waals surface area (Å²) in [7, 11) is 0. The number of nitrogens with one attached hydrogen (secondary N) is 2. The number of halogens is 3. The fraction of sp³-hybridized carbons (Fsp3) is 0.0714. The van der Waals surface area contributed by atoms with E-state index in [4.69, 9.17) is 23.2 Å². The molecule has 104 valence electrons. The van der Waals surface area contributed by atoms with Crippen LogP contribution >= 0.6 is 39.1 Å². The highest BCUT2D eigenvalue weighted by Crippen LogP contribution is 2.25. The molecule has 2 amide bonds. The van der Waals surface area contributed by atoms with E-state index in [2.05, 4.69) is 26.6 Å². The Labute approximate surface area is 135 Å². The first kappa shape index (κ1) is 15.2. The molecule has 0 aliphatic carbocycles. The molecular formula is C14H11BrCl2N2O. The van der Waals surface area contributed by atoms with Crippen LogP contribution in [0.5, 0.6) is 0 Å². The summed E-state index contributed by atoms with van der Waals surface area (Å²) in [5.74, 6) is 0. The highest BCUT2D eigenvalue weighted by atomic mass is 79.9. The first-order valence-electron chi connectivity index (χ1n) is 5.79. The second-order valence-corrected chi connectivity index (χ2v) is 5.82. The summed E-state index contributed by atoms with van der Waals surface area (Å²) in [5, 5.41) is 6.35. The standard InChI is InChI=1S/C14H11BrCl2N2O/c15-10-3-1-9(2-4-10)8-18-14(20)19-13-7-11(16)5-6-12(13)17/h1-7H,8H2,(H2,18,19,20). The van der Waals surface area contributed by atoms with Gasteiger partial charge in [0.1, 0.15) is 0 Å². The fourth-order valence-electron chi connectivity index (χ4n) is 1.54. The zero-order valence-corrected chi connectivity index (χ0v) is 13.4. The molecule has 0 radical (unpaired) electrons. The molecule has 20 heavy (non-hydrogen) atoms. The number of urea groups is 1. The minimum absolute atomic E-state index is 0.336. The zero-order valence-electron chi connectivity index (χ0n) is 10.3. The molecule has 0 saturated carbocycles. The Kier molecular flexibility index (Phi) is 5.29. The van der Waals surface area contributed by atoms with Crippen molar-refractivity contribution in [1.29, 1.82) is 0 Å². The van der Waals surface area contributed by atoms with Crippen LogP contribution in [0.2, 0.25) is 10.0 Å². The molecule has 3 nitrogen and oxygen atoms in total. The van der Waals surface area contributed by atoms with Gasteiger partial charge < -0.3 is 10.6 Å². The first-order valence-corrected chi connectivity index (χ1v) is 7.34. The summed E-state index contributed by atoms with van der Waals surface area (Å²) in [6.45, 7) is 0.428. The van der Waals surface area contributed by atoms with Crippen LogP contribution in [0.1, 0.15) is 5.56 Å². The van der Waals surface area contributed by atoms with E-state index in [1.165, 1.54) is 0 Å². The van der Waals surface area contributed by atoms with Crippen molar-refractivity contribution in [3.8, 4) is 0 Å². The van der Waals surface area contributed by atoms with E-state index in [-0.39, 0.29) is 6.03 Å². The predicted molar refractivity (Wildman–Crippen MR) is 86.5 cm³/mol. The van der Waals surface area contributed by atoms with Crippen LogP contribution in [0.15, 0.2) is 46.9 Å². The molecule has 0 atom stereocenters. The zero-order chi connectivity index (χ0) is 14.5. The first-order chi connectivity index (χ1) is 9.54. The van der Waals surface area contributed by atoms with Gasteiger partial charge in [0.05, 0.1) is 10.7 Å². The molecule has 0 aromatic heterocycles. The molecule has 0 aliphatic rings. The number of carbonyl (C=O) groups excluding carboxylic acids is 1.